The van der Waals surface area contributed by atoms with Gasteiger partial charge in [-0.2, -0.15) is 5.10 Å². The maximum absolute atomic E-state index is 13.2. The van der Waals surface area contributed by atoms with E-state index < -0.39 is 0 Å². The Morgan fingerprint density at radius 1 is 1.10 bits per heavy atom. The molecule has 0 aliphatic carbocycles. The molecular formula is C22H21FN4O2. The van der Waals surface area contributed by atoms with Crippen molar-refractivity contribution >= 4 is 33.4 Å². The summed E-state index contributed by atoms with van der Waals surface area (Å²) in [6.07, 6.45) is 2.53. The molecule has 2 aromatic carbocycles. The SMILES string of the molecule is CCCn1c2ccccc2c2cnn(CC(=O)N(C)c3ccc(F)cc3)c(=O)c21. The van der Waals surface area contributed by atoms with Crippen LogP contribution in [0, 0.1) is 5.82 Å². The van der Waals surface area contributed by atoms with Gasteiger partial charge in [0, 0.05) is 35.6 Å². The molecule has 0 saturated carbocycles. The maximum atomic E-state index is 13.2. The van der Waals surface area contributed by atoms with E-state index in [-0.39, 0.29) is 23.8 Å². The molecule has 2 aromatic heterocycles. The number of halogens is 1. The van der Waals surface area contributed by atoms with Gasteiger partial charge < -0.3 is 9.47 Å². The molecule has 0 fully saturated rings. The lowest BCUT2D eigenvalue weighted by Crippen LogP contribution is -2.35. The highest BCUT2D eigenvalue weighted by Crippen LogP contribution is 2.26. The Labute approximate surface area is 166 Å². The van der Waals surface area contributed by atoms with Crippen LogP contribution in [-0.4, -0.2) is 27.3 Å². The number of para-hydroxylation sites is 1. The number of hydrogen-bond donors (Lipinski definition) is 0. The molecular weight excluding hydrogens is 371 g/mol. The molecule has 0 radical (unpaired) electrons. The van der Waals surface area contributed by atoms with Crippen LogP contribution in [0.4, 0.5) is 10.1 Å². The third-order valence-electron chi connectivity index (χ3n) is 5.09. The first kappa shape index (κ1) is 18.9. The highest BCUT2D eigenvalue weighted by Gasteiger charge is 2.18. The average molecular weight is 392 g/mol. The number of fused-ring (bicyclic) bond motifs is 3. The van der Waals surface area contributed by atoms with E-state index in [1.54, 1.807) is 13.2 Å². The highest BCUT2D eigenvalue weighted by atomic mass is 19.1. The van der Waals surface area contributed by atoms with Gasteiger partial charge in [0.2, 0.25) is 5.91 Å². The Morgan fingerprint density at radius 2 is 1.83 bits per heavy atom. The molecule has 1 amide bonds. The number of likely N-dealkylation sites (N-methyl/N-ethyl adjacent to an activating group) is 1. The molecule has 0 atom stereocenters. The number of hydrogen-bond acceptors (Lipinski definition) is 3. The van der Waals surface area contributed by atoms with E-state index in [4.69, 9.17) is 0 Å². The molecule has 0 saturated heterocycles. The predicted molar refractivity (Wildman–Crippen MR) is 112 cm³/mol. The quantitative estimate of drug-likeness (QED) is 0.522. The number of carbonyl (C=O) groups is 1. The molecule has 0 bridgehead atoms. The van der Waals surface area contributed by atoms with Crippen LogP contribution in [0.5, 0.6) is 0 Å². The normalized spacial score (nSPS) is 11.3. The van der Waals surface area contributed by atoms with Crippen LogP contribution < -0.4 is 10.5 Å². The number of nitrogens with zero attached hydrogens (tertiary/aromatic N) is 4. The van der Waals surface area contributed by atoms with Crippen molar-refractivity contribution in [3.05, 3.63) is 70.9 Å². The smallest absolute Gasteiger partial charge is 0.291 e. The van der Waals surface area contributed by atoms with E-state index in [0.717, 1.165) is 22.7 Å². The van der Waals surface area contributed by atoms with Gasteiger partial charge in [-0.3, -0.25) is 9.59 Å². The minimum Gasteiger partial charge on any atom is -0.336 e. The van der Waals surface area contributed by atoms with Crippen molar-refractivity contribution in [1.82, 2.24) is 14.3 Å². The van der Waals surface area contributed by atoms with E-state index in [1.165, 1.54) is 33.8 Å². The summed E-state index contributed by atoms with van der Waals surface area (Å²) < 4.78 is 16.3. The minimum absolute atomic E-state index is 0.198. The fourth-order valence-electron chi connectivity index (χ4n) is 3.60. The van der Waals surface area contributed by atoms with Crippen LogP contribution >= 0.6 is 0 Å². The summed E-state index contributed by atoms with van der Waals surface area (Å²) in [5.74, 6) is -0.689. The Morgan fingerprint density at radius 3 is 2.55 bits per heavy atom. The molecule has 2 heterocycles. The molecule has 0 aliphatic heterocycles. The van der Waals surface area contributed by atoms with Gasteiger partial charge in [-0.25, -0.2) is 9.07 Å². The Hall–Kier alpha value is -3.48. The van der Waals surface area contributed by atoms with Crippen molar-refractivity contribution in [3.8, 4) is 0 Å². The maximum Gasteiger partial charge on any atom is 0.291 e. The molecule has 0 N–H and O–H groups in total. The molecule has 0 spiro atoms. The van der Waals surface area contributed by atoms with Crippen LogP contribution in [-0.2, 0) is 17.9 Å². The Balaban J connectivity index is 1.75. The van der Waals surface area contributed by atoms with Gasteiger partial charge in [-0.1, -0.05) is 25.1 Å². The molecule has 0 unspecified atom stereocenters. The molecule has 6 nitrogen and oxygen atoms in total. The lowest BCUT2D eigenvalue weighted by atomic mass is 10.2. The predicted octanol–water partition coefficient (Wildman–Crippen LogP) is 3.56. The number of anilines is 1. The average Bonchev–Trinajstić information content (AvgIpc) is 3.05. The zero-order valence-electron chi connectivity index (χ0n) is 16.3. The number of carbonyl (C=O) groups excluding carboxylic acids is 1. The van der Waals surface area contributed by atoms with Crippen molar-refractivity contribution in [3.63, 3.8) is 0 Å². The molecule has 7 heteroatoms. The first-order valence-corrected chi connectivity index (χ1v) is 9.50. The second-order valence-electron chi connectivity index (χ2n) is 6.97. The summed E-state index contributed by atoms with van der Waals surface area (Å²) in [7, 11) is 1.59. The van der Waals surface area contributed by atoms with Crippen LogP contribution in [0.1, 0.15) is 13.3 Å². The van der Waals surface area contributed by atoms with Crippen molar-refractivity contribution in [1.29, 1.82) is 0 Å². The zero-order valence-corrected chi connectivity index (χ0v) is 16.3. The summed E-state index contributed by atoms with van der Waals surface area (Å²) >= 11 is 0. The van der Waals surface area contributed by atoms with E-state index in [9.17, 15) is 14.0 Å². The van der Waals surface area contributed by atoms with Crippen LogP contribution in [0.3, 0.4) is 0 Å². The third kappa shape index (κ3) is 3.29. The summed E-state index contributed by atoms with van der Waals surface area (Å²) in [6.45, 7) is 2.56. The Bertz CT molecular complexity index is 1260. The molecule has 148 valence electrons. The van der Waals surface area contributed by atoms with E-state index in [0.29, 0.717) is 17.7 Å². The summed E-state index contributed by atoms with van der Waals surface area (Å²) in [5, 5.41) is 6.00. The van der Waals surface area contributed by atoms with Crippen LogP contribution in [0.15, 0.2) is 59.5 Å². The lowest BCUT2D eigenvalue weighted by Gasteiger charge is -2.17. The number of aromatic nitrogens is 3. The van der Waals surface area contributed by atoms with Crippen molar-refractivity contribution in [2.24, 2.45) is 0 Å². The fraction of sp³-hybridized carbons (Fsp3) is 0.227. The standard InChI is InChI=1S/C22H21FN4O2/c1-3-12-26-19-7-5-4-6-17(19)18-13-24-27(22(29)21(18)26)14-20(28)25(2)16-10-8-15(23)9-11-16/h4-11,13H,3,12,14H2,1-2H3. The number of benzene rings is 2. The van der Waals surface area contributed by atoms with Gasteiger partial charge in [0.25, 0.3) is 5.56 Å². The topological polar surface area (TPSA) is 60.1 Å². The zero-order chi connectivity index (χ0) is 20.5. The molecule has 29 heavy (non-hydrogen) atoms. The number of aryl methyl sites for hydroxylation is 1. The monoisotopic (exact) mass is 392 g/mol. The fourth-order valence-corrected chi connectivity index (χ4v) is 3.60. The minimum atomic E-state index is -0.373. The van der Waals surface area contributed by atoms with Gasteiger partial charge in [0.15, 0.2) is 0 Å². The Kier molecular flexibility index (Phi) is 4.88. The number of amides is 1. The third-order valence-corrected chi connectivity index (χ3v) is 5.09. The first-order chi connectivity index (χ1) is 14.0. The second kappa shape index (κ2) is 7.50. The van der Waals surface area contributed by atoms with Crippen molar-refractivity contribution in [2.45, 2.75) is 26.4 Å². The van der Waals surface area contributed by atoms with Gasteiger partial charge in [-0.05, 0) is 36.8 Å². The van der Waals surface area contributed by atoms with Gasteiger partial charge >= 0.3 is 0 Å². The highest BCUT2D eigenvalue weighted by molar-refractivity contribution is 6.07. The number of rotatable bonds is 5. The van der Waals surface area contributed by atoms with Gasteiger partial charge in [-0.15, -0.1) is 0 Å². The van der Waals surface area contributed by atoms with Crippen LogP contribution in [0.2, 0.25) is 0 Å². The van der Waals surface area contributed by atoms with E-state index in [1.807, 2.05) is 28.8 Å². The second-order valence-corrected chi connectivity index (χ2v) is 6.97. The van der Waals surface area contributed by atoms with Gasteiger partial charge in [0.1, 0.15) is 17.9 Å². The van der Waals surface area contributed by atoms with E-state index >= 15 is 0 Å². The largest absolute Gasteiger partial charge is 0.336 e. The molecule has 4 aromatic rings. The summed E-state index contributed by atoms with van der Waals surface area (Å²) in [6, 6.07) is 13.5. The molecule has 0 aliphatic rings. The summed E-state index contributed by atoms with van der Waals surface area (Å²) in [4.78, 5) is 27.3. The van der Waals surface area contributed by atoms with E-state index in [2.05, 4.69) is 12.0 Å². The van der Waals surface area contributed by atoms with Gasteiger partial charge in [0.05, 0.1) is 6.20 Å². The van der Waals surface area contributed by atoms with Crippen molar-refractivity contribution in [2.75, 3.05) is 11.9 Å². The van der Waals surface area contributed by atoms with Crippen molar-refractivity contribution < 1.29 is 9.18 Å². The molecule has 4 rings (SSSR count). The first-order valence-electron chi connectivity index (χ1n) is 9.50. The lowest BCUT2D eigenvalue weighted by molar-refractivity contribution is -0.119. The van der Waals surface area contributed by atoms with Crippen LogP contribution in [0.25, 0.3) is 21.8 Å². The summed E-state index contributed by atoms with van der Waals surface area (Å²) in [5.41, 5.74) is 1.79.